The fraction of sp³-hybridized carbons (Fsp3) is 0.550. The highest BCUT2D eigenvalue weighted by atomic mass is 19.4. The highest BCUT2D eigenvalue weighted by molar-refractivity contribution is 5.57. The van der Waals surface area contributed by atoms with Crippen LogP contribution >= 0.6 is 0 Å². The SMILES string of the molecule is CN1CCN(CCC(C)(C)Nc2cc(C(F)(F)F)nc(-c3ccncc3)n2)CC1. The minimum Gasteiger partial charge on any atom is -0.365 e. The number of pyridine rings is 1. The summed E-state index contributed by atoms with van der Waals surface area (Å²) in [6, 6.07) is 4.16. The Morgan fingerprint density at radius 1 is 1.03 bits per heavy atom. The van der Waals surface area contributed by atoms with Gasteiger partial charge in [0.05, 0.1) is 0 Å². The molecular formula is C20H27F3N6. The van der Waals surface area contributed by atoms with Gasteiger partial charge in [-0.1, -0.05) is 0 Å². The first-order valence-electron chi connectivity index (χ1n) is 9.68. The van der Waals surface area contributed by atoms with Crippen molar-refractivity contribution in [1.29, 1.82) is 0 Å². The minimum absolute atomic E-state index is 0.0274. The van der Waals surface area contributed by atoms with Gasteiger partial charge in [-0.25, -0.2) is 9.97 Å². The molecule has 6 nitrogen and oxygen atoms in total. The number of hydrogen-bond acceptors (Lipinski definition) is 6. The van der Waals surface area contributed by atoms with Crippen molar-refractivity contribution in [3.05, 3.63) is 36.3 Å². The summed E-state index contributed by atoms with van der Waals surface area (Å²) in [5.41, 5.74) is -0.892. The number of nitrogens with one attached hydrogen (secondary N) is 1. The molecule has 0 saturated carbocycles. The predicted octanol–water partition coefficient (Wildman–Crippen LogP) is 3.39. The molecule has 0 atom stereocenters. The van der Waals surface area contributed by atoms with E-state index in [1.54, 1.807) is 12.1 Å². The number of likely N-dealkylation sites (N-methyl/N-ethyl adjacent to an activating group) is 1. The summed E-state index contributed by atoms with van der Waals surface area (Å²) in [6.07, 6.45) is -0.754. The second kappa shape index (κ2) is 8.62. The van der Waals surface area contributed by atoms with E-state index < -0.39 is 17.4 Å². The van der Waals surface area contributed by atoms with Crippen LogP contribution in [-0.4, -0.2) is 70.1 Å². The lowest BCUT2D eigenvalue weighted by Gasteiger charge is -2.35. The van der Waals surface area contributed by atoms with Crippen LogP contribution in [0.1, 0.15) is 26.0 Å². The Morgan fingerprint density at radius 2 is 1.69 bits per heavy atom. The van der Waals surface area contributed by atoms with E-state index in [1.165, 1.54) is 12.4 Å². The smallest absolute Gasteiger partial charge is 0.365 e. The van der Waals surface area contributed by atoms with Gasteiger partial charge >= 0.3 is 6.18 Å². The molecule has 29 heavy (non-hydrogen) atoms. The molecule has 9 heteroatoms. The third-order valence-electron chi connectivity index (χ3n) is 5.07. The predicted molar refractivity (Wildman–Crippen MR) is 107 cm³/mol. The molecule has 2 aromatic rings. The summed E-state index contributed by atoms with van der Waals surface area (Å²) >= 11 is 0. The standard InChI is InChI=1S/C20H27F3N6/c1-19(2,6-9-29-12-10-28(3)11-13-29)27-17-14-16(20(21,22)23)25-18(26-17)15-4-7-24-8-5-15/h4-5,7-8,14H,6,9-13H2,1-3H3,(H,25,26,27). The molecule has 0 aliphatic carbocycles. The lowest BCUT2D eigenvalue weighted by atomic mass is 10.00. The molecule has 3 rings (SSSR count). The molecule has 0 aromatic carbocycles. The third kappa shape index (κ3) is 6.11. The molecule has 0 unspecified atom stereocenters. The van der Waals surface area contributed by atoms with E-state index in [2.05, 4.69) is 37.1 Å². The van der Waals surface area contributed by atoms with Crippen molar-refractivity contribution in [1.82, 2.24) is 24.8 Å². The summed E-state index contributed by atoms with van der Waals surface area (Å²) in [5, 5.41) is 3.19. The van der Waals surface area contributed by atoms with E-state index in [9.17, 15) is 13.2 Å². The Morgan fingerprint density at radius 3 is 2.31 bits per heavy atom. The van der Waals surface area contributed by atoms with Gasteiger partial charge in [-0.15, -0.1) is 0 Å². The fourth-order valence-electron chi connectivity index (χ4n) is 3.20. The van der Waals surface area contributed by atoms with Crippen LogP contribution in [0.5, 0.6) is 0 Å². The lowest BCUT2D eigenvalue weighted by molar-refractivity contribution is -0.141. The molecule has 1 N–H and O–H groups in total. The van der Waals surface area contributed by atoms with Crippen molar-refractivity contribution in [3.63, 3.8) is 0 Å². The van der Waals surface area contributed by atoms with Crippen LogP contribution < -0.4 is 5.32 Å². The van der Waals surface area contributed by atoms with Crippen LogP contribution in [0.25, 0.3) is 11.4 Å². The zero-order chi connectivity index (χ0) is 21.1. The second-order valence-electron chi connectivity index (χ2n) is 8.10. The van der Waals surface area contributed by atoms with Crippen molar-refractivity contribution in [2.75, 3.05) is 45.1 Å². The van der Waals surface area contributed by atoms with Gasteiger partial charge in [0, 0.05) is 62.3 Å². The summed E-state index contributed by atoms with van der Waals surface area (Å²) in [4.78, 5) is 16.6. The number of halogens is 3. The highest BCUT2D eigenvalue weighted by Gasteiger charge is 2.34. The number of alkyl halides is 3. The Balaban J connectivity index is 1.76. The Hall–Kier alpha value is -2.26. The van der Waals surface area contributed by atoms with Gasteiger partial charge in [0.25, 0.3) is 0 Å². The quantitative estimate of drug-likeness (QED) is 0.791. The molecule has 0 amide bonds. The first kappa shape index (κ1) is 21.4. The first-order chi connectivity index (χ1) is 13.6. The van der Waals surface area contributed by atoms with E-state index in [-0.39, 0.29) is 11.6 Å². The topological polar surface area (TPSA) is 57.2 Å². The Labute approximate surface area is 169 Å². The van der Waals surface area contributed by atoms with Crippen molar-refractivity contribution in [2.24, 2.45) is 0 Å². The minimum atomic E-state index is -4.55. The van der Waals surface area contributed by atoms with E-state index in [4.69, 9.17) is 0 Å². The average Bonchev–Trinajstić information content (AvgIpc) is 2.67. The number of piperazine rings is 1. The lowest BCUT2D eigenvalue weighted by Crippen LogP contribution is -2.46. The molecule has 0 bridgehead atoms. The molecular weight excluding hydrogens is 381 g/mol. The van der Waals surface area contributed by atoms with Crippen LogP contribution in [-0.2, 0) is 6.18 Å². The fourth-order valence-corrected chi connectivity index (χ4v) is 3.20. The molecule has 158 valence electrons. The normalized spacial score (nSPS) is 16.8. The van der Waals surface area contributed by atoms with Gasteiger partial charge in [-0.2, -0.15) is 13.2 Å². The first-order valence-corrected chi connectivity index (χ1v) is 9.68. The zero-order valence-corrected chi connectivity index (χ0v) is 17.0. The van der Waals surface area contributed by atoms with Crippen LogP contribution in [0.3, 0.4) is 0 Å². The largest absolute Gasteiger partial charge is 0.433 e. The van der Waals surface area contributed by atoms with Gasteiger partial charge < -0.3 is 15.1 Å². The Bertz CT molecular complexity index is 802. The van der Waals surface area contributed by atoms with Crippen molar-refractivity contribution in [3.8, 4) is 11.4 Å². The maximum absolute atomic E-state index is 13.4. The summed E-state index contributed by atoms with van der Waals surface area (Å²) in [5.74, 6) is 0.196. The number of anilines is 1. The van der Waals surface area contributed by atoms with Crippen LogP contribution in [0.15, 0.2) is 30.6 Å². The summed E-state index contributed by atoms with van der Waals surface area (Å²) in [7, 11) is 2.11. The average molecular weight is 408 g/mol. The molecule has 2 aromatic heterocycles. The van der Waals surface area contributed by atoms with Gasteiger partial charge in [-0.3, -0.25) is 4.98 Å². The molecule has 1 aliphatic heterocycles. The number of aromatic nitrogens is 3. The van der Waals surface area contributed by atoms with E-state index in [0.717, 1.165) is 45.2 Å². The molecule has 0 radical (unpaired) electrons. The maximum atomic E-state index is 13.4. The van der Waals surface area contributed by atoms with E-state index in [0.29, 0.717) is 5.56 Å². The Kier molecular flexibility index (Phi) is 6.38. The number of rotatable bonds is 6. The second-order valence-corrected chi connectivity index (χ2v) is 8.10. The van der Waals surface area contributed by atoms with Crippen LogP contribution in [0.4, 0.5) is 19.0 Å². The van der Waals surface area contributed by atoms with Crippen molar-refractivity contribution >= 4 is 5.82 Å². The van der Waals surface area contributed by atoms with Crippen molar-refractivity contribution in [2.45, 2.75) is 32.0 Å². The van der Waals surface area contributed by atoms with Crippen LogP contribution in [0, 0.1) is 0 Å². The van der Waals surface area contributed by atoms with E-state index in [1.807, 2.05) is 13.8 Å². The molecule has 1 aliphatic rings. The molecule has 0 spiro atoms. The van der Waals surface area contributed by atoms with Crippen molar-refractivity contribution < 1.29 is 13.2 Å². The molecule has 1 fully saturated rings. The monoisotopic (exact) mass is 408 g/mol. The summed E-state index contributed by atoms with van der Waals surface area (Å²) < 4.78 is 40.1. The van der Waals surface area contributed by atoms with E-state index >= 15 is 0 Å². The van der Waals surface area contributed by atoms with Gasteiger partial charge in [0.2, 0.25) is 0 Å². The molecule has 1 saturated heterocycles. The van der Waals surface area contributed by atoms with Gasteiger partial charge in [0.15, 0.2) is 11.5 Å². The highest BCUT2D eigenvalue weighted by Crippen LogP contribution is 2.31. The third-order valence-corrected chi connectivity index (χ3v) is 5.07. The maximum Gasteiger partial charge on any atom is 0.433 e. The van der Waals surface area contributed by atoms with Gasteiger partial charge in [-0.05, 0) is 39.4 Å². The number of nitrogens with zero attached hydrogens (tertiary/aromatic N) is 5. The molecule has 3 heterocycles. The van der Waals surface area contributed by atoms with Gasteiger partial charge in [0.1, 0.15) is 5.82 Å². The van der Waals surface area contributed by atoms with Crippen LogP contribution in [0.2, 0.25) is 0 Å². The number of hydrogen-bond donors (Lipinski definition) is 1. The summed E-state index contributed by atoms with van der Waals surface area (Å²) in [6.45, 7) is 8.90. The zero-order valence-electron chi connectivity index (χ0n) is 17.0.